The van der Waals surface area contributed by atoms with E-state index in [9.17, 15) is 19.5 Å². The number of carbonyl (C=O) groups is 3. The second-order valence-corrected chi connectivity index (χ2v) is 14.5. The van der Waals surface area contributed by atoms with Crippen LogP contribution in [-0.2, 0) is 45.0 Å². The number of hydrogen-bond donors (Lipinski definition) is 4. The first-order valence-corrected chi connectivity index (χ1v) is 19.8. The van der Waals surface area contributed by atoms with E-state index in [1.54, 1.807) is 6.08 Å². The summed E-state index contributed by atoms with van der Waals surface area (Å²) in [6.07, 6.45) is 9.15. The van der Waals surface area contributed by atoms with Crippen LogP contribution in [0.15, 0.2) is 141 Å². The molecule has 4 atom stereocenters. The number of allylic oxidation sites excluding steroid dienone is 2. The number of benzene rings is 4. The number of aromatic nitrogens is 1. The Hall–Kier alpha value is -5.93. The molecular formula is C48H55N3O6. The van der Waals surface area contributed by atoms with E-state index in [1.165, 1.54) is 0 Å². The molecule has 1 aromatic heterocycles. The lowest BCUT2D eigenvalue weighted by Gasteiger charge is -2.24. The number of aromatic amines is 1. The largest absolute Gasteiger partial charge is 0.489 e. The van der Waals surface area contributed by atoms with Crippen molar-refractivity contribution in [1.29, 1.82) is 0 Å². The number of ether oxygens (including phenoxy) is 2. The van der Waals surface area contributed by atoms with E-state index < -0.39 is 18.0 Å². The van der Waals surface area contributed by atoms with Gasteiger partial charge in [0.1, 0.15) is 19.0 Å². The van der Waals surface area contributed by atoms with Crippen molar-refractivity contribution in [3.63, 3.8) is 0 Å². The summed E-state index contributed by atoms with van der Waals surface area (Å²) in [7, 11) is 0. The van der Waals surface area contributed by atoms with Gasteiger partial charge in [-0.25, -0.2) is 0 Å². The summed E-state index contributed by atoms with van der Waals surface area (Å²) in [6.45, 7) is 7.81. The average molecular weight is 770 g/mol. The standard InChI is InChI=1S/C48H55N3O6/c1-3-5-8-20-39(27-35-16-9-6-10-17-35)48(55)57-34-42(29-40-31-49-45-22-14-13-21-44(40)45)51-47(54)38(15-4-2)30-46(53)50-41(32-52)28-36-23-25-43(26-24-36)56-33-37-18-11-7-12-19-37/h3-4,6-7,9-14,16-19,21-26,31,38-39,41-42,49,52H,1-2,5,8,15,20,27-30,32-34H2,(H,50,53)(H,51,54)/t38-,39-,41+,42+/m1/s1. The van der Waals surface area contributed by atoms with Crippen molar-refractivity contribution in [2.45, 2.75) is 70.1 Å². The lowest BCUT2D eigenvalue weighted by atomic mass is 9.94. The van der Waals surface area contributed by atoms with Gasteiger partial charge in [-0.15, -0.1) is 13.2 Å². The fourth-order valence-electron chi connectivity index (χ4n) is 6.95. The Bertz CT molecular complexity index is 2010. The quantitative estimate of drug-likeness (QED) is 0.0288. The van der Waals surface area contributed by atoms with Crippen molar-refractivity contribution >= 4 is 28.7 Å². The van der Waals surface area contributed by atoms with Gasteiger partial charge in [0.05, 0.1) is 30.5 Å². The molecule has 0 fully saturated rings. The maximum Gasteiger partial charge on any atom is 0.309 e. The Labute approximate surface area is 336 Å². The molecule has 2 amide bonds. The van der Waals surface area contributed by atoms with Crippen molar-refractivity contribution in [2.24, 2.45) is 11.8 Å². The Morgan fingerprint density at radius 1 is 0.737 bits per heavy atom. The molecule has 0 saturated carbocycles. The number of rotatable bonds is 24. The molecule has 1 heterocycles. The molecule has 298 valence electrons. The van der Waals surface area contributed by atoms with Gasteiger partial charge in [0.2, 0.25) is 11.8 Å². The van der Waals surface area contributed by atoms with E-state index in [4.69, 9.17) is 9.47 Å². The Morgan fingerprint density at radius 2 is 1.42 bits per heavy atom. The number of carbonyl (C=O) groups excluding carboxylic acids is 3. The van der Waals surface area contributed by atoms with E-state index in [1.807, 2.05) is 121 Å². The van der Waals surface area contributed by atoms with Crippen LogP contribution in [0.4, 0.5) is 0 Å². The zero-order chi connectivity index (χ0) is 40.2. The van der Waals surface area contributed by atoms with Gasteiger partial charge in [-0.05, 0) is 85.4 Å². The first kappa shape index (κ1) is 42.2. The van der Waals surface area contributed by atoms with Crippen LogP contribution in [0.5, 0.6) is 5.75 Å². The molecule has 0 bridgehead atoms. The van der Waals surface area contributed by atoms with Gasteiger partial charge in [-0.3, -0.25) is 14.4 Å². The first-order chi connectivity index (χ1) is 27.8. The van der Waals surface area contributed by atoms with Crippen LogP contribution in [0.1, 0.15) is 54.4 Å². The fraction of sp³-hybridized carbons (Fsp3) is 0.312. The number of hydrogen-bond acceptors (Lipinski definition) is 6. The topological polar surface area (TPSA) is 130 Å². The summed E-state index contributed by atoms with van der Waals surface area (Å²) >= 11 is 0. The predicted octanol–water partition coefficient (Wildman–Crippen LogP) is 7.83. The fourth-order valence-corrected chi connectivity index (χ4v) is 6.95. The summed E-state index contributed by atoms with van der Waals surface area (Å²) in [5.41, 5.74) is 4.98. The first-order valence-electron chi connectivity index (χ1n) is 19.8. The zero-order valence-corrected chi connectivity index (χ0v) is 32.6. The minimum atomic E-state index is -0.728. The number of aliphatic hydroxyl groups excluding tert-OH is 1. The third-order valence-corrected chi connectivity index (χ3v) is 10.0. The van der Waals surface area contributed by atoms with Gasteiger partial charge in [-0.2, -0.15) is 0 Å². The lowest BCUT2D eigenvalue weighted by Crippen LogP contribution is -2.45. The van der Waals surface area contributed by atoms with E-state index >= 15 is 0 Å². The van der Waals surface area contributed by atoms with Crippen LogP contribution in [-0.4, -0.2) is 53.2 Å². The normalized spacial score (nSPS) is 13.1. The second kappa shape index (κ2) is 22.6. The monoisotopic (exact) mass is 769 g/mol. The SMILES string of the molecule is C=CCCC[C@H](Cc1ccccc1)C(=O)OC[C@H](Cc1c[nH]c2ccccc12)NC(=O)[C@H](CC=C)CC(=O)N[C@H](CO)Cc1ccc(OCc2ccccc2)cc1. The number of nitrogens with one attached hydrogen (secondary N) is 3. The van der Waals surface area contributed by atoms with Crippen LogP contribution < -0.4 is 15.4 Å². The van der Waals surface area contributed by atoms with Gasteiger partial charge in [-0.1, -0.05) is 103 Å². The van der Waals surface area contributed by atoms with E-state index in [0.29, 0.717) is 32.3 Å². The molecule has 4 aromatic carbocycles. The van der Waals surface area contributed by atoms with E-state index in [-0.39, 0.29) is 49.8 Å². The number of para-hydroxylation sites is 1. The molecule has 5 aromatic rings. The van der Waals surface area contributed by atoms with E-state index in [2.05, 4.69) is 28.8 Å². The molecular weight excluding hydrogens is 715 g/mol. The number of H-pyrrole nitrogens is 1. The molecule has 5 rings (SSSR count). The summed E-state index contributed by atoms with van der Waals surface area (Å²) in [4.78, 5) is 44.2. The molecule has 0 aliphatic rings. The summed E-state index contributed by atoms with van der Waals surface area (Å²) in [5, 5.41) is 17.2. The highest BCUT2D eigenvalue weighted by atomic mass is 16.5. The van der Waals surface area contributed by atoms with Crippen molar-refractivity contribution in [3.05, 3.63) is 163 Å². The number of unbranched alkanes of at least 4 members (excludes halogenated alkanes) is 1. The summed E-state index contributed by atoms with van der Waals surface area (Å²) < 4.78 is 11.9. The molecule has 9 heteroatoms. The number of fused-ring (bicyclic) bond motifs is 1. The molecule has 0 unspecified atom stereocenters. The molecule has 0 saturated heterocycles. The van der Waals surface area contributed by atoms with Crippen LogP contribution in [0, 0.1) is 11.8 Å². The summed E-state index contributed by atoms with van der Waals surface area (Å²) in [6, 6.07) is 34.1. The minimum Gasteiger partial charge on any atom is -0.489 e. The van der Waals surface area contributed by atoms with Gasteiger partial charge in [0, 0.05) is 23.5 Å². The smallest absolute Gasteiger partial charge is 0.309 e. The third kappa shape index (κ3) is 13.6. The van der Waals surface area contributed by atoms with Crippen molar-refractivity contribution < 1.29 is 29.0 Å². The highest BCUT2D eigenvalue weighted by Gasteiger charge is 2.27. The van der Waals surface area contributed by atoms with Gasteiger partial charge in [0.25, 0.3) is 0 Å². The molecule has 0 spiro atoms. The Morgan fingerprint density at radius 3 is 2.12 bits per heavy atom. The van der Waals surface area contributed by atoms with Crippen LogP contribution >= 0.6 is 0 Å². The number of aliphatic hydroxyl groups is 1. The van der Waals surface area contributed by atoms with Crippen molar-refractivity contribution in [3.8, 4) is 5.75 Å². The number of esters is 1. The Kier molecular flexibility index (Phi) is 16.7. The third-order valence-electron chi connectivity index (χ3n) is 10.0. The van der Waals surface area contributed by atoms with Crippen molar-refractivity contribution in [2.75, 3.05) is 13.2 Å². The highest BCUT2D eigenvalue weighted by molar-refractivity contribution is 5.87. The predicted molar refractivity (Wildman–Crippen MR) is 225 cm³/mol. The summed E-state index contributed by atoms with van der Waals surface area (Å²) in [5.74, 6) is -1.37. The average Bonchev–Trinajstić information content (AvgIpc) is 3.64. The molecule has 57 heavy (non-hydrogen) atoms. The number of amides is 2. The van der Waals surface area contributed by atoms with E-state index in [0.717, 1.165) is 51.7 Å². The maximum atomic E-state index is 13.9. The van der Waals surface area contributed by atoms with Gasteiger partial charge < -0.3 is 30.2 Å². The minimum absolute atomic E-state index is 0.0352. The lowest BCUT2D eigenvalue weighted by molar-refractivity contribution is -0.150. The van der Waals surface area contributed by atoms with Crippen LogP contribution in [0.3, 0.4) is 0 Å². The van der Waals surface area contributed by atoms with Crippen LogP contribution in [0.25, 0.3) is 10.9 Å². The molecule has 0 aliphatic heterocycles. The molecule has 0 radical (unpaired) electrons. The maximum absolute atomic E-state index is 13.9. The Balaban J connectivity index is 1.21. The second-order valence-electron chi connectivity index (χ2n) is 14.5. The zero-order valence-electron chi connectivity index (χ0n) is 32.6. The molecule has 9 nitrogen and oxygen atoms in total. The van der Waals surface area contributed by atoms with Gasteiger partial charge in [0.15, 0.2) is 0 Å². The van der Waals surface area contributed by atoms with Crippen molar-refractivity contribution in [1.82, 2.24) is 15.6 Å². The highest BCUT2D eigenvalue weighted by Crippen LogP contribution is 2.22. The molecule has 0 aliphatic carbocycles. The van der Waals surface area contributed by atoms with Crippen LogP contribution in [0.2, 0.25) is 0 Å². The van der Waals surface area contributed by atoms with Gasteiger partial charge >= 0.3 is 5.97 Å². The molecule has 4 N–H and O–H groups in total.